The normalized spacial score (nSPS) is 18.6. The summed E-state index contributed by atoms with van der Waals surface area (Å²) in [4.78, 5) is 11.6. The van der Waals surface area contributed by atoms with Crippen molar-refractivity contribution in [3.63, 3.8) is 0 Å². The fourth-order valence-corrected chi connectivity index (χ4v) is 3.01. The Labute approximate surface area is 113 Å². The molecule has 0 radical (unpaired) electrons. The molecule has 0 bridgehead atoms. The van der Waals surface area contributed by atoms with E-state index >= 15 is 0 Å². The number of benzene rings is 1. The van der Waals surface area contributed by atoms with Gasteiger partial charge in [-0.25, -0.2) is 4.39 Å². The van der Waals surface area contributed by atoms with Crippen LogP contribution in [0.25, 0.3) is 0 Å². The monoisotopic (exact) mass is 316 g/mol. The van der Waals surface area contributed by atoms with Crippen LogP contribution in [0.1, 0.15) is 37.7 Å². The first-order valence-electron chi connectivity index (χ1n) is 5.90. The van der Waals surface area contributed by atoms with Crippen molar-refractivity contribution in [2.24, 2.45) is 0 Å². The van der Waals surface area contributed by atoms with Crippen molar-refractivity contribution >= 4 is 21.9 Å². The number of carboxylic acid groups (broad SMARTS) is 1. The molecule has 1 fully saturated rings. The molecule has 0 aromatic heterocycles. The maximum atomic E-state index is 14.2. The standard InChI is InChI=1S/C13H14BrFO3/c14-10-9(16)5-4-8(11(10)15)13(12(17)18)6-2-1-3-7-13/h4-5,16H,1-3,6-7H2,(H,17,18). The maximum absolute atomic E-state index is 14.2. The average molecular weight is 317 g/mol. The minimum absolute atomic E-state index is 0.0637. The van der Waals surface area contributed by atoms with E-state index in [2.05, 4.69) is 15.9 Å². The van der Waals surface area contributed by atoms with Crippen LogP contribution in [0.4, 0.5) is 4.39 Å². The van der Waals surface area contributed by atoms with Gasteiger partial charge in [-0.1, -0.05) is 25.3 Å². The van der Waals surface area contributed by atoms with Gasteiger partial charge in [0.05, 0.1) is 9.89 Å². The fourth-order valence-electron chi connectivity index (χ4n) is 2.66. The Morgan fingerprint density at radius 2 is 1.89 bits per heavy atom. The molecule has 0 spiro atoms. The molecule has 1 aromatic rings. The molecular weight excluding hydrogens is 303 g/mol. The lowest BCUT2D eigenvalue weighted by atomic mass is 9.69. The molecule has 0 unspecified atom stereocenters. The van der Waals surface area contributed by atoms with Crippen molar-refractivity contribution in [1.29, 1.82) is 0 Å². The molecule has 3 nitrogen and oxygen atoms in total. The highest BCUT2D eigenvalue weighted by molar-refractivity contribution is 9.10. The van der Waals surface area contributed by atoms with Gasteiger partial charge in [0.2, 0.25) is 0 Å². The number of hydrogen-bond acceptors (Lipinski definition) is 2. The molecule has 1 aliphatic rings. The molecular formula is C13H14BrFO3. The van der Waals surface area contributed by atoms with Gasteiger partial charge in [-0.3, -0.25) is 4.79 Å². The number of carbonyl (C=O) groups is 1. The van der Waals surface area contributed by atoms with E-state index in [-0.39, 0.29) is 15.8 Å². The van der Waals surface area contributed by atoms with Crippen LogP contribution in [-0.4, -0.2) is 16.2 Å². The van der Waals surface area contributed by atoms with Crippen LogP contribution in [0.2, 0.25) is 0 Å². The molecule has 0 atom stereocenters. The van der Waals surface area contributed by atoms with E-state index < -0.39 is 17.2 Å². The van der Waals surface area contributed by atoms with Gasteiger partial charge in [-0.05, 0) is 34.8 Å². The highest BCUT2D eigenvalue weighted by atomic mass is 79.9. The first-order valence-corrected chi connectivity index (χ1v) is 6.69. The van der Waals surface area contributed by atoms with Crippen molar-refractivity contribution in [3.8, 4) is 5.75 Å². The summed E-state index contributed by atoms with van der Waals surface area (Å²) < 4.78 is 14.1. The first kappa shape index (κ1) is 13.3. The van der Waals surface area contributed by atoms with Crippen molar-refractivity contribution in [2.75, 3.05) is 0 Å². The summed E-state index contributed by atoms with van der Waals surface area (Å²) >= 11 is 2.95. The largest absolute Gasteiger partial charge is 0.507 e. The van der Waals surface area contributed by atoms with Crippen LogP contribution in [0.15, 0.2) is 16.6 Å². The number of aliphatic carboxylic acids is 1. The topological polar surface area (TPSA) is 57.5 Å². The second-order valence-corrected chi connectivity index (χ2v) is 5.50. The zero-order chi connectivity index (χ0) is 13.3. The van der Waals surface area contributed by atoms with Gasteiger partial charge in [-0.15, -0.1) is 0 Å². The summed E-state index contributed by atoms with van der Waals surface area (Å²) in [5.74, 6) is -1.87. The first-order chi connectivity index (χ1) is 8.49. The van der Waals surface area contributed by atoms with Crippen molar-refractivity contribution in [1.82, 2.24) is 0 Å². The Morgan fingerprint density at radius 3 is 2.44 bits per heavy atom. The molecule has 0 saturated heterocycles. The van der Waals surface area contributed by atoms with E-state index in [0.29, 0.717) is 12.8 Å². The summed E-state index contributed by atoms with van der Waals surface area (Å²) in [7, 11) is 0. The van der Waals surface area contributed by atoms with Crippen LogP contribution in [-0.2, 0) is 10.2 Å². The summed E-state index contributed by atoms with van der Waals surface area (Å²) in [5.41, 5.74) is -0.988. The minimum Gasteiger partial charge on any atom is -0.507 e. The Balaban J connectivity index is 2.56. The molecule has 1 aromatic carbocycles. The number of aromatic hydroxyl groups is 1. The molecule has 5 heteroatoms. The molecule has 2 rings (SSSR count). The minimum atomic E-state index is -1.15. The lowest BCUT2D eigenvalue weighted by molar-refractivity contribution is -0.145. The molecule has 0 aliphatic heterocycles. The molecule has 0 amide bonds. The van der Waals surface area contributed by atoms with Crippen LogP contribution in [0, 0.1) is 5.82 Å². The Bertz CT molecular complexity index is 481. The lowest BCUT2D eigenvalue weighted by Gasteiger charge is -2.34. The van der Waals surface area contributed by atoms with Crippen LogP contribution < -0.4 is 0 Å². The molecule has 1 saturated carbocycles. The number of halogens is 2. The zero-order valence-electron chi connectivity index (χ0n) is 9.75. The predicted octanol–water partition coefficient (Wildman–Crippen LogP) is 3.58. The van der Waals surface area contributed by atoms with Gasteiger partial charge in [0.1, 0.15) is 11.6 Å². The van der Waals surface area contributed by atoms with Crippen LogP contribution in [0.3, 0.4) is 0 Å². The van der Waals surface area contributed by atoms with Gasteiger partial charge in [0.25, 0.3) is 0 Å². The Kier molecular flexibility index (Phi) is 3.61. The number of hydrogen-bond donors (Lipinski definition) is 2. The second-order valence-electron chi connectivity index (χ2n) is 4.71. The van der Waals surface area contributed by atoms with Crippen molar-refractivity contribution < 1.29 is 19.4 Å². The van der Waals surface area contributed by atoms with E-state index in [1.54, 1.807) is 0 Å². The van der Waals surface area contributed by atoms with E-state index in [4.69, 9.17) is 0 Å². The second kappa shape index (κ2) is 4.88. The number of rotatable bonds is 2. The van der Waals surface area contributed by atoms with Crippen molar-refractivity contribution in [3.05, 3.63) is 28.0 Å². The van der Waals surface area contributed by atoms with Crippen molar-refractivity contribution in [2.45, 2.75) is 37.5 Å². The van der Waals surface area contributed by atoms with Crippen LogP contribution in [0.5, 0.6) is 5.75 Å². The van der Waals surface area contributed by atoms with E-state index in [0.717, 1.165) is 19.3 Å². The Morgan fingerprint density at radius 1 is 1.28 bits per heavy atom. The van der Waals surface area contributed by atoms with Gasteiger partial charge in [0.15, 0.2) is 0 Å². The molecule has 98 valence electrons. The number of phenols is 1. The average Bonchev–Trinajstić information content (AvgIpc) is 2.37. The zero-order valence-corrected chi connectivity index (χ0v) is 11.3. The lowest BCUT2D eigenvalue weighted by Crippen LogP contribution is -2.38. The maximum Gasteiger partial charge on any atom is 0.314 e. The quantitative estimate of drug-likeness (QED) is 0.876. The van der Waals surface area contributed by atoms with E-state index in [1.807, 2.05) is 0 Å². The van der Waals surface area contributed by atoms with E-state index in [9.17, 15) is 19.4 Å². The van der Waals surface area contributed by atoms with Gasteiger partial charge >= 0.3 is 5.97 Å². The Hall–Kier alpha value is -1.10. The highest BCUT2D eigenvalue weighted by Gasteiger charge is 2.43. The van der Waals surface area contributed by atoms with Crippen LogP contribution >= 0.6 is 15.9 Å². The SMILES string of the molecule is O=C(O)C1(c2ccc(O)c(Br)c2F)CCCCC1. The van der Waals surface area contributed by atoms with E-state index in [1.165, 1.54) is 12.1 Å². The predicted molar refractivity (Wildman–Crippen MR) is 68.2 cm³/mol. The summed E-state index contributed by atoms with van der Waals surface area (Å²) in [6, 6.07) is 2.72. The van der Waals surface area contributed by atoms with Gasteiger partial charge in [0, 0.05) is 5.56 Å². The summed E-state index contributed by atoms with van der Waals surface area (Å²) in [6.07, 6.45) is 3.43. The highest BCUT2D eigenvalue weighted by Crippen LogP contribution is 2.43. The fraction of sp³-hybridized carbons (Fsp3) is 0.462. The number of carboxylic acids is 1. The molecule has 1 aliphatic carbocycles. The molecule has 18 heavy (non-hydrogen) atoms. The van der Waals surface area contributed by atoms with Gasteiger partial charge in [-0.2, -0.15) is 0 Å². The molecule has 0 heterocycles. The summed E-state index contributed by atoms with van der Waals surface area (Å²) in [5, 5.41) is 18.9. The summed E-state index contributed by atoms with van der Waals surface area (Å²) in [6.45, 7) is 0. The van der Waals surface area contributed by atoms with Gasteiger partial charge < -0.3 is 10.2 Å². The number of phenolic OH excluding ortho intramolecular Hbond substituents is 1. The third-order valence-electron chi connectivity index (χ3n) is 3.69. The third-order valence-corrected chi connectivity index (χ3v) is 4.45. The third kappa shape index (κ3) is 2.00. The molecule has 2 N–H and O–H groups in total. The smallest absolute Gasteiger partial charge is 0.314 e.